The number of hydrogen-bond acceptors (Lipinski definition) is 4. The zero-order valence-electron chi connectivity index (χ0n) is 40.1. The summed E-state index contributed by atoms with van der Waals surface area (Å²) in [5, 5.41) is 24.0. The molecule has 10 rings (SSSR count). The molecule has 10 aromatic rings. The van der Waals surface area contributed by atoms with E-state index in [-0.39, 0.29) is 0 Å². The second-order valence-electron chi connectivity index (χ2n) is 17.0. The lowest BCUT2D eigenvalue weighted by molar-refractivity contribution is 1.14. The van der Waals surface area contributed by atoms with Crippen molar-refractivity contribution in [3.05, 3.63) is 252 Å². The van der Waals surface area contributed by atoms with Gasteiger partial charge in [0.2, 0.25) is 0 Å². The Labute approximate surface area is 412 Å². The lowest BCUT2D eigenvalue weighted by Gasteiger charge is -2.30. The Morgan fingerprint density at radius 3 is 1.34 bits per heavy atom. The zero-order chi connectivity index (χ0) is 48.4. The molecule has 0 saturated heterocycles. The highest BCUT2D eigenvalue weighted by Gasteiger charge is 2.22. The Morgan fingerprint density at radius 1 is 0.386 bits per heavy atom. The molecule has 0 atom stereocenters. The van der Waals surface area contributed by atoms with Crippen molar-refractivity contribution in [2.75, 3.05) is 9.80 Å². The topological polar surface area (TPSA) is 54.1 Å². The number of fused-ring (bicyclic) bond motifs is 3. The second kappa shape index (κ2) is 21.3. The molecular formula is C66H54N4. The van der Waals surface area contributed by atoms with Gasteiger partial charge in [-0.25, -0.2) is 0 Å². The van der Waals surface area contributed by atoms with Crippen LogP contribution in [-0.2, 0) is 12.8 Å². The van der Waals surface area contributed by atoms with E-state index in [0.717, 1.165) is 96.5 Å². The van der Waals surface area contributed by atoms with Gasteiger partial charge in [0, 0.05) is 33.6 Å². The minimum absolute atomic E-state index is 0.623. The Balaban J connectivity index is 0.00000300. The van der Waals surface area contributed by atoms with Gasteiger partial charge in [-0.1, -0.05) is 161 Å². The fourth-order valence-electron chi connectivity index (χ4n) is 9.21. The Morgan fingerprint density at radius 2 is 0.829 bits per heavy atom. The smallest absolute Gasteiger partial charge is 0.0991 e. The molecular weight excluding hydrogens is 849 g/mol. The van der Waals surface area contributed by atoms with Crippen LogP contribution in [0.4, 0.5) is 34.1 Å². The number of aryl methyl sites for hydroxylation is 2. The summed E-state index contributed by atoms with van der Waals surface area (Å²) >= 11 is 0. The molecule has 0 saturated carbocycles. The minimum atomic E-state index is 0.623. The van der Waals surface area contributed by atoms with Crippen molar-refractivity contribution in [2.24, 2.45) is 0 Å². The van der Waals surface area contributed by atoms with E-state index >= 15 is 0 Å². The van der Waals surface area contributed by atoms with Crippen molar-refractivity contribution in [1.82, 2.24) is 0 Å². The van der Waals surface area contributed by atoms with Crippen LogP contribution in [0.1, 0.15) is 61.1 Å². The fraction of sp³-hybridized carbons (Fsp3) is 0.0909. The van der Waals surface area contributed by atoms with E-state index < -0.39 is 0 Å². The predicted molar refractivity (Wildman–Crippen MR) is 297 cm³/mol. The summed E-state index contributed by atoms with van der Waals surface area (Å²) in [6.07, 6.45) is 6.24. The summed E-state index contributed by atoms with van der Waals surface area (Å²) in [7, 11) is 0. The molecule has 0 aliphatic heterocycles. The first-order valence-corrected chi connectivity index (χ1v) is 24.2. The fourth-order valence-corrected chi connectivity index (χ4v) is 9.21. The Hall–Kier alpha value is -8.96. The van der Waals surface area contributed by atoms with Gasteiger partial charge in [0.15, 0.2) is 0 Å². The number of anilines is 6. The molecule has 0 aliphatic carbocycles. The van der Waals surface area contributed by atoms with E-state index in [9.17, 15) is 10.5 Å². The first-order chi connectivity index (χ1) is 34.5. The van der Waals surface area contributed by atoms with Gasteiger partial charge in [0.25, 0.3) is 0 Å². The largest absolute Gasteiger partial charge is 0.310 e. The Kier molecular flexibility index (Phi) is 14.1. The van der Waals surface area contributed by atoms with Gasteiger partial charge in [-0.15, -0.1) is 0 Å². The summed E-state index contributed by atoms with van der Waals surface area (Å²) in [6.45, 7) is 8.38. The molecule has 0 radical (unpaired) electrons. The van der Waals surface area contributed by atoms with Crippen LogP contribution in [0.2, 0.25) is 0 Å². The average molecular weight is 903 g/mol. The summed E-state index contributed by atoms with van der Waals surface area (Å²) in [5.74, 6) is 0. The lowest BCUT2D eigenvalue weighted by Crippen LogP contribution is -2.12. The van der Waals surface area contributed by atoms with Crippen LogP contribution < -0.4 is 9.80 Å². The molecule has 0 heterocycles. The maximum absolute atomic E-state index is 9.74. The molecule has 4 nitrogen and oxygen atoms in total. The molecule has 0 aromatic heterocycles. The molecule has 0 spiro atoms. The van der Waals surface area contributed by atoms with E-state index in [1.807, 2.05) is 50.2 Å². The van der Waals surface area contributed by atoms with Crippen LogP contribution in [0, 0.1) is 22.7 Å². The SMILES string of the molecule is CC.CCc1ccc(N(c2ccc(C#N)cc2)c2ccc(/C=C/c3ccc4cc(N(c5ccc(C#N)cc5)c5ccc(CC)cc5-c5ccccc5)c5ccccc5c4c3)cc2)c(-c2ccccc2)c1. The maximum Gasteiger partial charge on any atom is 0.0991 e. The third-order valence-electron chi connectivity index (χ3n) is 12.8. The van der Waals surface area contributed by atoms with Crippen molar-refractivity contribution in [2.45, 2.75) is 40.5 Å². The molecule has 0 N–H and O–H groups in total. The van der Waals surface area contributed by atoms with E-state index in [1.54, 1.807) is 0 Å². The van der Waals surface area contributed by atoms with Crippen molar-refractivity contribution in [1.29, 1.82) is 10.5 Å². The third-order valence-corrected chi connectivity index (χ3v) is 12.8. The summed E-state index contributed by atoms with van der Waals surface area (Å²) in [5.41, 5.74) is 16.8. The van der Waals surface area contributed by atoms with Crippen LogP contribution in [0.5, 0.6) is 0 Å². The zero-order valence-corrected chi connectivity index (χ0v) is 40.1. The van der Waals surface area contributed by atoms with E-state index in [2.05, 4.69) is 230 Å². The van der Waals surface area contributed by atoms with Crippen molar-refractivity contribution < 1.29 is 0 Å². The van der Waals surface area contributed by atoms with Crippen LogP contribution >= 0.6 is 0 Å². The predicted octanol–water partition coefficient (Wildman–Crippen LogP) is 18.3. The van der Waals surface area contributed by atoms with Crippen molar-refractivity contribution in [3.63, 3.8) is 0 Å². The molecule has 0 bridgehead atoms. The molecule has 4 heteroatoms. The highest BCUT2D eigenvalue weighted by atomic mass is 15.2. The number of hydrogen-bond donors (Lipinski definition) is 0. The molecule has 0 amide bonds. The summed E-state index contributed by atoms with van der Waals surface area (Å²) < 4.78 is 0. The molecule has 0 aliphatic rings. The highest BCUT2D eigenvalue weighted by Crippen LogP contribution is 2.46. The molecule has 0 unspecified atom stereocenters. The highest BCUT2D eigenvalue weighted by molar-refractivity contribution is 6.15. The van der Waals surface area contributed by atoms with Gasteiger partial charge in [0.05, 0.1) is 40.3 Å². The van der Waals surface area contributed by atoms with Crippen LogP contribution in [0.15, 0.2) is 218 Å². The summed E-state index contributed by atoms with van der Waals surface area (Å²) in [4.78, 5) is 4.64. The monoisotopic (exact) mass is 902 g/mol. The van der Waals surface area contributed by atoms with Gasteiger partial charge in [-0.05, 0) is 159 Å². The number of benzene rings is 10. The quantitative estimate of drug-likeness (QED) is 0.0905. The van der Waals surface area contributed by atoms with Crippen LogP contribution in [0.3, 0.4) is 0 Å². The molecule has 70 heavy (non-hydrogen) atoms. The van der Waals surface area contributed by atoms with Crippen molar-refractivity contribution >= 4 is 67.8 Å². The van der Waals surface area contributed by atoms with E-state index in [4.69, 9.17) is 0 Å². The number of nitrogens with zero attached hydrogens (tertiary/aromatic N) is 4. The van der Waals surface area contributed by atoms with Gasteiger partial charge in [-0.2, -0.15) is 10.5 Å². The number of rotatable bonds is 12. The standard InChI is InChI=1S/C64H48N4.C2H6/c1-3-45-28-37-62(60(39-45)51-13-7-5-8-14-51)67(55-33-24-49(43-65)25-34-55)54-31-22-47(23-32-54)19-20-48-21-30-53-42-64(58-18-12-11-17-57(58)59(53)41-48)68(56-35-26-50(44-66)27-36-56)63-38-29-46(4-2)40-61(63)52-15-9-6-10-16-52;1-2/h5-42H,3-4H2,1-2H3;1-2H3/b20-19+;. The van der Waals surface area contributed by atoms with Gasteiger partial charge in [0.1, 0.15) is 0 Å². The van der Waals surface area contributed by atoms with Crippen molar-refractivity contribution in [3.8, 4) is 34.4 Å². The molecule has 10 aromatic carbocycles. The normalized spacial score (nSPS) is 10.9. The minimum Gasteiger partial charge on any atom is -0.310 e. The maximum atomic E-state index is 9.74. The lowest BCUT2D eigenvalue weighted by atomic mass is 9.95. The first-order valence-electron chi connectivity index (χ1n) is 24.2. The first kappa shape index (κ1) is 46.2. The Bertz CT molecular complexity index is 3530. The third kappa shape index (κ3) is 9.59. The number of nitriles is 2. The molecule has 338 valence electrons. The van der Waals surface area contributed by atoms with E-state index in [0.29, 0.717) is 11.1 Å². The van der Waals surface area contributed by atoms with Gasteiger partial charge < -0.3 is 9.80 Å². The average Bonchev–Trinajstić information content (AvgIpc) is 3.44. The van der Waals surface area contributed by atoms with Crippen LogP contribution in [-0.4, -0.2) is 0 Å². The van der Waals surface area contributed by atoms with E-state index in [1.165, 1.54) is 16.5 Å². The van der Waals surface area contributed by atoms with Gasteiger partial charge in [-0.3, -0.25) is 0 Å². The van der Waals surface area contributed by atoms with Crippen LogP contribution in [0.25, 0.3) is 56.0 Å². The summed E-state index contributed by atoms with van der Waals surface area (Å²) in [6, 6.07) is 81.4. The second-order valence-corrected chi connectivity index (χ2v) is 17.0. The molecule has 0 fully saturated rings. The van der Waals surface area contributed by atoms with Gasteiger partial charge >= 0.3 is 0 Å².